The fourth-order valence-electron chi connectivity index (χ4n) is 3.79. The number of hydrogen-bond acceptors (Lipinski definition) is 5. The predicted octanol–water partition coefficient (Wildman–Crippen LogP) is 4.77. The van der Waals surface area contributed by atoms with Crippen LogP contribution in [0.5, 0.6) is 0 Å². The summed E-state index contributed by atoms with van der Waals surface area (Å²) in [6.07, 6.45) is -3.12. The number of hydrogen-bond donors (Lipinski definition) is 2. The zero-order valence-electron chi connectivity index (χ0n) is 17.8. The minimum Gasteiger partial charge on any atom is -0.355 e. The largest absolute Gasteiger partial charge is 0.416 e. The molecule has 1 amide bonds. The number of carbonyl (C=O) groups excluding carboxylic acids is 1. The molecule has 3 aromatic rings. The van der Waals surface area contributed by atoms with Gasteiger partial charge in [0.25, 0.3) is 0 Å². The van der Waals surface area contributed by atoms with E-state index in [4.69, 9.17) is 0 Å². The Kier molecular flexibility index (Phi) is 6.76. The van der Waals surface area contributed by atoms with Crippen LogP contribution in [-0.4, -0.2) is 29.2 Å². The van der Waals surface area contributed by atoms with Gasteiger partial charge >= 0.3 is 6.18 Å². The summed E-state index contributed by atoms with van der Waals surface area (Å²) in [5, 5.41) is 14.5. The minimum absolute atomic E-state index is 0.0737. The van der Waals surface area contributed by atoms with Crippen LogP contribution in [0.25, 0.3) is 0 Å². The van der Waals surface area contributed by atoms with Crippen LogP contribution >= 0.6 is 0 Å². The van der Waals surface area contributed by atoms with E-state index in [0.717, 1.165) is 23.6 Å². The molecule has 1 aliphatic rings. The van der Waals surface area contributed by atoms with Crippen molar-refractivity contribution in [2.45, 2.75) is 25.6 Å². The second-order valence-corrected chi connectivity index (χ2v) is 7.95. The number of para-hydroxylation sites is 1. The highest BCUT2D eigenvalue weighted by Crippen LogP contribution is 2.29. The number of rotatable bonds is 6. The third kappa shape index (κ3) is 6.00. The number of alkyl halides is 3. The molecule has 0 atom stereocenters. The van der Waals surface area contributed by atoms with Crippen LogP contribution in [-0.2, 0) is 17.5 Å². The molecule has 0 aliphatic carbocycles. The van der Waals surface area contributed by atoms with Crippen LogP contribution in [0.1, 0.15) is 24.0 Å². The zero-order valence-corrected chi connectivity index (χ0v) is 17.8. The third-order valence-corrected chi connectivity index (χ3v) is 5.61. The Bertz CT molecular complexity index is 1070. The van der Waals surface area contributed by atoms with Crippen molar-refractivity contribution in [3.8, 4) is 0 Å². The molecule has 1 aromatic heterocycles. The van der Waals surface area contributed by atoms with E-state index in [1.165, 1.54) is 6.07 Å². The number of nitrogens with zero attached hydrogens (tertiary/aromatic N) is 3. The van der Waals surface area contributed by atoms with Crippen LogP contribution in [0.2, 0.25) is 0 Å². The van der Waals surface area contributed by atoms with Gasteiger partial charge in [-0.1, -0.05) is 30.3 Å². The van der Waals surface area contributed by atoms with E-state index in [1.807, 2.05) is 42.5 Å². The van der Waals surface area contributed by atoms with Gasteiger partial charge in [0.1, 0.15) is 0 Å². The van der Waals surface area contributed by atoms with Gasteiger partial charge in [0, 0.05) is 31.2 Å². The highest BCUT2D eigenvalue weighted by molar-refractivity contribution is 5.79. The summed E-state index contributed by atoms with van der Waals surface area (Å²) in [7, 11) is 0. The Balaban J connectivity index is 1.26. The lowest BCUT2D eigenvalue weighted by atomic mass is 9.96. The number of piperidine rings is 1. The van der Waals surface area contributed by atoms with Gasteiger partial charge in [-0.2, -0.15) is 13.2 Å². The van der Waals surface area contributed by atoms with Crippen molar-refractivity contribution in [1.82, 2.24) is 15.5 Å². The molecule has 0 unspecified atom stereocenters. The first-order valence-corrected chi connectivity index (χ1v) is 10.7. The Hall–Kier alpha value is -3.62. The van der Waals surface area contributed by atoms with E-state index in [0.29, 0.717) is 37.3 Å². The van der Waals surface area contributed by atoms with Gasteiger partial charge in [0.2, 0.25) is 5.91 Å². The van der Waals surface area contributed by atoms with Gasteiger partial charge in [0.05, 0.1) is 5.56 Å². The third-order valence-electron chi connectivity index (χ3n) is 5.61. The van der Waals surface area contributed by atoms with Crippen molar-refractivity contribution >= 4 is 23.2 Å². The first-order valence-electron chi connectivity index (χ1n) is 10.7. The highest BCUT2D eigenvalue weighted by atomic mass is 19.4. The van der Waals surface area contributed by atoms with Gasteiger partial charge in [0.15, 0.2) is 11.6 Å². The molecule has 1 fully saturated rings. The fourth-order valence-corrected chi connectivity index (χ4v) is 3.79. The average Bonchev–Trinajstić information content (AvgIpc) is 2.83. The molecule has 0 radical (unpaired) electrons. The Labute approximate surface area is 189 Å². The second-order valence-electron chi connectivity index (χ2n) is 7.95. The SMILES string of the molecule is O=C(NCc1cccc(C(F)(F)F)c1)C1CCN(c2ccc(Nc3ccccc3)nn2)CC1. The van der Waals surface area contributed by atoms with Crippen molar-refractivity contribution in [2.75, 3.05) is 23.3 Å². The summed E-state index contributed by atoms with van der Waals surface area (Å²) in [5.74, 6) is 1.07. The van der Waals surface area contributed by atoms with Crippen molar-refractivity contribution in [2.24, 2.45) is 5.92 Å². The highest BCUT2D eigenvalue weighted by Gasteiger charge is 2.30. The van der Waals surface area contributed by atoms with Crippen LogP contribution in [0.4, 0.5) is 30.5 Å². The van der Waals surface area contributed by atoms with Gasteiger partial charge in [-0.3, -0.25) is 4.79 Å². The number of amides is 1. The summed E-state index contributed by atoms with van der Waals surface area (Å²) >= 11 is 0. The molecule has 2 heterocycles. The van der Waals surface area contributed by atoms with Crippen LogP contribution in [0, 0.1) is 5.92 Å². The molecule has 1 saturated heterocycles. The average molecular weight is 455 g/mol. The monoisotopic (exact) mass is 455 g/mol. The molecule has 6 nitrogen and oxygen atoms in total. The Morgan fingerprint density at radius 2 is 1.73 bits per heavy atom. The maximum atomic E-state index is 12.8. The van der Waals surface area contributed by atoms with E-state index < -0.39 is 11.7 Å². The van der Waals surface area contributed by atoms with Gasteiger partial charge in [-0.15, -0.1) is 10.2 Å². The summed E-state index contributed by atoms with van der Waals surface area (Å²) in [6, 6.07) is 18.5. The molecule has 2 aromatic carbocycles. The molecule has 9 heteroatoms. The number of anilines is 3. The number of benzene rings is 2. The second kappa shape index (κ2) is 9.89. The zero-order chi connectivity index (χ0) is 23.3. The molecule has 0 spiro atoms. The van der Waals surface area contributed by atoms with Gasteiger partial charge < -0.3 is 15.5 Å². The van der Waals surface area contributed by atoms with Crippen LogP contribution in [0.15, 0.2) is 66.7 Å². The molecule has 33 heavy (non-hydrogen) atoms. The van der Waals surface area contributed by atoms with Gasteiger partial charge in [-0.05, 0) is 54.8 Å². The fraction of sp³-hybridized carbons (Fsp3) is 0.292. The normalized spacial score (nSPS) is 14.7. The topological polar surface area (TPSA) is 70.2 Å². The number of halogens is 3. The Morgan fingerprint density at radius 3 is 2.39 bits per heavy atom. The van der Waals surface area contributed by atoms with Gasteiger partial charge in [-0.25, -0.2) is 0 Å². The molecule has 172 valence electrons. The number of aromatic nitrogens is 2. The standard InChI is InChI=1S/C24H24F3N5O/c25-24(26,27)19-6-4-5-17(15-19)16-28-23(33)18-11-13-32(14-12-18)22-10-9-21(30-31-22)29-20-7-2-1-3-8-20/h1-10,15,18H,11-14,16H2,(H,28,33)(H,29,30). The van der Waals surface area contributed by atoms with Crippen molar-refractivity contribution in [3.05, 3.63) is 77.9 Å². The van der Waals surface area contributed by atoms with Crippen molar-refractivity contribution in [3.63, 3.8) is 0 Å². The van der Waals surface area contributed by atoms with E-state index in [9.17, 15) is 18.0 Å². The molecule has 0 bridgehead atoms. The maximum absolute atomic E-state index is 12.8. The van der Waals surface area contributed by atoms with Crippen LogP contribution in [0.3, 0.4) is 0 Å². The van der Waals surface area contributed by atoms with Crippen molar-refractivity contribution in [1.29, 1.82) is 0 Å². The van der Waals surface area contributed by atoms with Crippen LogP contribution < -0.4 is 15.5 Å². The molecule has 4 rings (SSSR count). The summed E-state index contributed by atoms with van der Waals surface area (Å²) in [5.41, 5.74) is 0.639. The van der Waals surface area contributed by atoms with E-state index >= 15 is 0 Å². The predicted molar refractivity (Wildman–Crippen MR) is 120 cm³/mol. The lowest BCUT2D eigenvalue weighted by Crippen LogP contribution is -2.40. The lowest BCUT2D eigenvalue weighted by Gasteiger charge is -2.31. The van der Waals surface area contributed by atoms with Crippen molar-refractivity contribution < 1.29 is 18.0 Å². The number of carbonyl (C=O) groups is 1. The van der Waals surface area contributed by atoms with E-state index in [1.54, 1.807) is 6.07 Å². The maximum Gasteiger partial charge on any atom is 0.416 e. The molecule has 2 N–H and O–H groups in total. The summed E-state index contributed by atoms with van der Waals surface area (Å²) in [6.45, 7) is 1.38. The molecule has 0 saturated carbocycles. The molecular weight excluding hydrogens is 431 g/mol. The van der Waals surface area contributed by atoms with E-state index in [2.05, 4.69) is 25.7 Å². The quantitative estimate of drug-likeness (QED) is 0.560. The summed E-state index contributed by atoms with van der Waals surface area (Å²) in [4.78, 5) is 14.6. The number of nitrogens with one attached hydrogen (secondary N) is 2. The smallest absolute Gasteiger partial charge is 0.355 e. The molecule has 1 aliphatic heterocycles. The van der Waals surface area contributed by atoms with E-state index in [-0.39, 0.29) is 18.4 Å². The summed E-state index contributed by atoms with van der Waals surface area (Å²) < 4.78 is 38.5. The Morgan fingerprint density at radius 1 is 0.970 bits per heavy atom. The molecular formula is C24H24F3N5O. The lowest BCUT2D eigenvalue weighted by molar-refractivity contribution is -0.137. The minimum atomic E-state index is -4.40. The first kappa shape index (κ1) is 22.6. The first-order chi connectivity index (χ1) is 15.9.